The topological polar surface area (TPSA) is 66.8 Å². The molecule has 0 saturated carbocycles. The van der Waals surface area contributed by atoms with E-state index in [0.717, 1.165) is 12.0 Å². The van der Waals surface area contributed by atoms with Gasteiger partial charge >= 0.3 is 0 Å². The summed E-state index contributed by atoms with van der Waals surface area (Å²) in [5.41, 5.74) is 2.25. The van der Waals surface area contributed by atoms with Crippen molar-refractivity contribution in [2.24, 2.45) is 0 Å². The average molecular weight is 476 g/mol. The van der Waals surface area contributed by atoms with Crippen molar-refractivity contribution in [1.82, 2.24) is 4.90 Å². The number of aliphatic hydroxyl groups is 1. The number of benzene rings is 3. The van der Waals surface area contributed by atoms with E-state index < -0.39 is 17.7 Å². The Morgan fingerprint density at radius 3 is 2.44 bits per heavy atom. The van der Waals surface area contributed by atoms with E-state index in [1.165, 1.54) is 4.90 Å². The molecule has 3 aromatic carbocycles. The van der Waals surface area contributed by atoms with Crippen molar-refractivity contribution in [3.05, 3.63) is 106 Å². The zero-order valence-electron chi connectivity index (χ0n) is 18.9. The Bertz CT molecular complexity index is 1200. The second kappa shape index (κ2) is 10.6. The highest BCUT2D eigenvalue weighted by Gasteiger charge is 2.45. The molecule has 1 aliphatic rings. The molecule has 5 nitrogen and oxygen atoms in total. The van der Waals surface area contributed by atoms with Gasteiger partial charge in [0.25, 0.3) is 11.7 Å². The minimum absolute atomic E-state index is 0.0630. The van der Waals surface area contributed by atoms with Gasteiger partial charge in [0.15, 0.2) is 0 Å². The number of ether oxygens (including phenoxy) is 1. The van der Waals surface area contributed by atoms with Gasteiger partial charge in [0.05, 0.1) is 18.2 Å². The lowest BCUT2D eigenvalue weighted by molar-refractivity contribution is -0.139. The largest absolute Gasteiger partial charge is 0.507 e. The van der Waals surface area contributed by atoms with Crippen molar-refractivity contribution in [2.75, 3.05) is 13.2 Å². The van der Waals surface area contributed by atoms with Gasteiger partial charge < -0.3 is 14.7 Å². The fourth-order valence-electron chi connectivity index (χ4n) is 4.11. The standard InChI is InChI=1S/C28H26ClNO4/c1-2-17-34-23-10-6-9-21(18-23)26(31)24-25(20-11-13-22(29)14-12-20)30(28(33)27(24)32)16-15-19-7-4-3-5-8-19/h3-14,18,25,31H,2,15-17H2,1H3/b26-24+. The van der Waals surface area contributed by atoms with Crippen molar-refractivity contribution >= 4 is 29.1 Å². The van der Waals surface area contributed by atoms with Gasteiger partial charge in [-0.05, 0) is 48.2 Å². The van der Waals surface area contributed by atoms with Crippen LogP contribution < -0.4 is 4.74 Å². The maximum atomic E-state index is 13.2. The lowest BCUT2D eigenvalue weighted by Gasteiger charge is -2.25. The third kappa shape index (κ3) is 5.00. The number of Topliss-reactive ketones (excluding diaryl/α,β-unsaturated/α-hetero) is 1. The van der Waals surface area contributed by atoms with E-state index in [1.807, 2.05) is 37.3 Å². The maximum absolute atomic E-state index is 13.2. The average Bonchev–Trinajstić information content (AvgIpc) is 3.12. The Hall–Kier alpha value is -3.57. The van der Waals surface area contributed by atoms with Crippen molar-refractivity contribution in [3.8, 4) is 5.75 Å². The van der Waals surface area contributed by atoms with Crippen LogP contribution in [0.1, 0.15) is 36.1 Å². The highest BCUT2D eigenvalue weighted by molar-refractivity contribution is 6.46. The van der Waals surface area contributed by atoms with E-state index in [0.29, 0.717) is 41.5 Å². The predicted molar refractivity (Wildman–Crippen MR) is 133 cm³/mol. The molecule has 1 saturated heterocycles. The van der Waals surface area contributed by atoms with E-state index in [4.69, 9.17) is 16.3 Å². The third-order valence-corrected chi connectivity index (χ3v) is 6.04. The molecule has 0 aliphatic carbocycles. The molecule has 1 N–H and O–H groups in total. The van der Waals surface area contributed by atoms with Crippen LogP contribution in [0, 0.1) is 0 Å². The highest BCUT2D eigenvalue weighted by atomic mass is 35.5. The highest BCUT2D eigenvalue weighted by Crippen LogP contribution is 2.40. The minimum atomic E-state index is -0.721. The number of ketones is 1. The SMILES string of the molecule is CCCOc1cccc(/C(O)=C2\C(=O)C(=O)N(CCc3ccccc3)C2c2ccc(Cl)cc2)c1. The summed E-state index contributed by atoms with van der Waals surface area (Å²) in [5.74, 6) is -0.962. The van der Waals surface area contributed by atoms with Crippen molar-refractivity contribution < 1.29 is 19.4 Å². The Morgan fingerprint density at radius 2 is 1.74 bits per heavy atom. The molecule has 0 bridgehead atoms. The number of carbonyl (C=O) groups is 2. The first kappa shape index (κ1) is 23.6. The first-order valence-corrected chi connectivity index (χ1v) is 11.7. The number of aliphatic hydroxyl groups excluding tert-OH is 1. The van der Waals surface area contributed by atoms with Crippen LogP contribution in [0.3, 0.4) is 0 Å². The van der Waals surface area contributed by atoms with E-state index in [1.54, 1.807) is 48.5 Å². The van der Waals surface area contributed by atoms with Gasteiger partial charge in [-0.25, -0.2) is 0 Å². The quantitative estimate of drug-likeness (QED) is 0.254. The van der Waals surface area contributed by atoms with Gasteiger partial charge in [-0.2, -0.15) is 0 Å². The molecule has 174 valence electrons. The van der Waals surface area contributed by atoms with Crippen LogP contribution in [0.4, 0.5) is 0 Å². The van der Waals surface area contributed by atoms with Crippen LogP contribution in [0.5, 0.6) is 5.75 Å². The molecule has 1 fully saturated rings. The van der Waals surface area contributed by atoms with Crippen molar-refractivity contribution in [2.45, 2.75) is 25.8 Å². The second-order valence-corrected chi connectivity index (χ2v) is 8.59. The fraction of sp³-hybridized carbons (Fsp3) is 0.214. The van der Waals surface area contributed by atoms with Crippen LogP contribution in [0.15, 0.2) is 84.4 Å². The molecule has 4 rings (SSSR count). The number of carbonyl (C=O) groups excluding carboxylic acids is 2. The van der Waals surface area contributed by atoms with Crippen LogP contribution in [0.2, 0.25) is 5.02 Å². The predicted octanol–water partition coefficient (Wildman–Crippen LogP) is 5.79. The molecule has 1 amide bonds. The summed E-state index contributed by atoms with van der Waals surface area (Å²) >= 11 is 6.08. The molecular formula is C28H26ClNO4. The van der Waals surface area contributed by atoms with Crippen LogP contribution in [-0.4, -0.2) is 34.8 Å². The number of hydrogen-bond donors (Lipinski definition) is 1. The molecule has 3 aromatic rings. The number of amides is 1. The maximum Gasteiger partial charge on any atom is 0.295 e. The molecule has 1 aliphatic heterocycles. The number of likely N-dealkylation sites (tertiary alicyclic amines) is 1. The normalized spacial score (nSPS) is 17.2. The number of hydrogen-bond acceptors (Lipinski definition) is 4. The fourth-order valence-corrected chi connectivity index (χ4v) is 4.23. The molecule has 1 unspecified atom stereocenters. The van der Waals surface area contributed by atoms with Gasteiger partial charge in [0.2, 0.25) is 0 Å². The summed E-state index contributed by atoms with van der Waals surface area (Å²) in [6.07, 6.45) is 1.43. The summed E-state index contributed by atoms with van der Waals surface area (Å²) in [5, 5.41) is 11.8. The monoisotopic (exact) mass is 475 g/mol. The van der Waals surface area contributed by atoms with Gasteiger partial charge in [-0.15, -0.1) is 0 Å². The summed E-state index contributed by atoms with van der Waals surface area (Å²) in [4.78, 5) is 27.8. The lowest BCUT2D eigenvalue weighted by Crippen LogP contribution is -2.31. The lowest BCUT2D eigenvalue weighted by atomic mass is 9.95. The Labute approximate surface area is 204 Å². The van der Waals surface area contributed by atoms with Crippen LogP contribution in [-0.2, 0) is 16.0 Å². The van der Waals surface area contributed by atoms with Gasteiger partial charge in [0.1, 0.15) is 11.5 Å². The van der Waals surface area contributed by atoms with E-state index >= 15 is 0 Å². The number of nitrogens with zero attached hydrogens (tertiary/aromatic N) is 1. The number of rotatable bonds is 8. The second-order valence-electron chi connectivity index (χ2n) is 8.16. The summed E-state index contributed by atoms with van der Waals surface area (Å²) in [6.45, 7) is 2.88. The summed E-state index contributed by atoms with van der Waals surface area (Å²) in [7, 11) is 0. The number of halogens is 1. The zero-order valence-corrected chi connectivity index (χ0v) is 19.7. The van der Waals surface area contributed by atoms with E-state index in [2.05, 4.69) is 0 Å². The Morgan fingerprint density at radius 1 is 1.00 bits per heavy atom. The van der Waals surface area contributed by atoms with Gasteiger partial charge in [0, 0.05) is 17.1 Å². The third-order valence-electron chi connectivity index (χ3n) is 5.79. The first-order valence-electron chi connectivity index (χ1n) is 11.3. The molecule has 6 heteroatoms. The van der Waals surface area contributed by atoms with Crippen molar-refractivity contribution in [1.29, 1.82) is 0 Å². The van der Waals surface area contributed by atoms with Gasteiger partial charge in [-0.1, -0.05) is 73.1 Å². The summed E-state index contributed by atoms with van der Waals surface area (Å²) < 4.78 is 5.68. The van der Waals surface area contributed by atoms with E-state index in [9.17, 15) is 14.7 Å². The molecule has 34 heavy (non-hydrogen) atoms. The molecular weight excluding hydrogens is 450 g/mol. The zero-order chi connectivity index (χ0) is 24.1. The molecule has 0 radical (unpaired) electrons. The first-order chi connectivity index (χ1) is 16.5. The minimum Gasteiger partial charge on any atom is -0.507 e. The van der Waals surface area contributed by atoms with Crippen molar-refractivity contribution in [3.63, 3.8) is 0 Å². The summed E-state index contributed by atoms with van der Waals surface area (Å²) in [6, 6.07) is 23.0. The van der Waals surface area contributed by atoms with Gasteiger partial charge in [-0.3, -0.25) is 9.59 Å². The molecule has 1 atom stereocenters. The van der Waals surface area contributed by atoms with Crippen LogP contribution in [0.25, 0.3) is 5.76 Å². The smallest absolute Gasteiger partial charge is 0.295 e. The van der Waals surface area contributed by atoms with E-state index in [-0.39, 0.29) is 11.3 Å². The Kier molecular flexibility index (Phi) is 7.33. The Balaban J connectivity index is 1.75. The molecule has 0 aromatic heterocycles. The van der Waals surface area contributed by atoms with Crippen LogP contribution >= 0.6 is 11.6 Å². The molecule has 1 heterocycles. The molecule has 0 spiro atoms.